The molecule has 0 radical (unpaired) electrons. The van der Waals surface area contributed by atoms with Crippen molar-refractivity contribution in [3.8, 4) is 0 Å². The van der Waals surface area contributed by atoms with Gasteiger partial charge in [-0.15, -0.1) is 0 Å². The largest absolute Gasteiger partial charge is 0.477 e. The van der Waals surface area contributed by atoms with Crippen LogP contribution in [0.4, 0.5) is 10.1 Å². The lowest BCUT2D eigenvalue weighted by Gasteiger charge is -2.36. The lowest BCUT2D eigenvalue weighted by molar-refractivity contribution is -0.132. The maximum absolute atomic E-state index is 15.3. The van der Waals surface area contributed by atoms with Crippen LogP contribution in [-0.2, 0) is 32.1 Å². The van der Waals surface area contributed by atoms with Gasteiger partial charge in [0.1, 0.15) is 23.5 Å². The number of nitrogens with one attached hydrogen (secondary N) is 3. The molecule has 51 heavy (non-hydrogen) atoms. The number of hydrogen-bond donors (Lipinski definition) is 5. The van der Waals surface area contributed by atoms with Crippen molar-refractivity contribution in [1.29, 1.82) is 0 Å². The molecular formula is C36H46FN7O7. The maximum Gasteiger partial charge on any atom is 0.341 e. The van der Waals surface area contributed by atoms with Gasteiger partial charge in [0.15, 0.2) is 5.78 Å². The Morgan fingerprint density at radius 3 is 2.25 bits per heavy atom. The minimum absolute atomic E-state index is 0.00940. The van der Waals surface area contributed by atoms with Crippen molar-refractivity contribution in [2.45, 2.75) is 52.2 Å². The van der Waals surface area contributed by atoms with Gasteiger partial charge in [0.05, 0.1) is 30.8 Å². The molecule has 1 saturated heterocycles. The van der Waals surface area contributed by atoms with Gasteiger partial charge in [0, 0.05) is 50.7 Å². The predicted molar refractivity (Wildman–Crippen MR) is 190 cm³/mol. The van der Waals surface area contributed by atoms with Crippen molar-refractivity contribution in [3.63, 3.8) is 0 Å². The molecule has 274 valence electrons. The van der Waals surface area contributed by atoms with E-state index in [1.165, 1.54) is 6.20 Å². The number of halogens is 1. The van der Waals surface area contributed by atoms with Crippen LogP contribution in [0.3, 0.4) is 0 Å². The van der Waals surface area contributed by atoms with Gasteiger partial charge < -0.3 is 36.3 Å². The van der Waals surface area contributed by atoms with Crippen molar-refractivity contribution in [1.82, 2.24) is 25.4 Å². The van der Waals surface area contributed by atoms with Gasteiger partial charge >= 0.3 is 5.97 Å². The zero-order chi connectivity index (χ0) is 37.2. The summed E-state index contributed by atoms with van der Waals surface area (Å²) in [5, 5.41) is 17.4. The molecule has 14 nitrogen and oxygen atoms in total. The average Bonchev–Trinajstić information content (AvgIpc) is 3.10. The second-order valence-corrected chi connectivity index (χ2v) is 13.0. The molecule has 4 rings (SSSR count). The Morgan fingerprint density at radius 1 is 0.961 bits per heavy atom. The first-order valence-corrected chi connectivity index (χ1v) is 17.0. The Bertz CT molecular complexity index is 1810. The number of nitrogens with two attached hydrogens (primary N) is 1. The highest BCUT2D eigenvalue weighted by molar-refractivity contribution is 5.95. The summed E-state index contributed by atoms with van der Waals surface area (Å²) in [6.45, 7) is 7.10. The van der Waals surface area contributed by atoms with Crippen molar-refractivity contribution in [3.05, 3.63) is 75.8 Å². The SMILES string of the molecule is CCn1cc(C(=O)O)c(=O)c2cc(F)c(N3CCN(CC(=O)CNC(=O)[C@H](CC(C)C)NC(=O)[C@H](Cc4ccccc4)NC(=O)CN)CC3)cc21. The van der Waals surface area contributed by atoms with Crippen molar-refractivity contribution < 1.29 is 33.5 Å². The maximum atomic E-state index is 15.3. The number of aromatic carboxylic acids is 1. The number of benzene rings is 2. The zero-order valence-electron chi connectivity index (χ0n) is 29.1. The van der Waals surface area contributed by atoms with Crippen LogP contribution in [0.25, 0.3) is 10.9 Å². The van der Waals surface area contributed by atoms with E-state index in [9.17, 15) is 33.9 Å². The molecule has 2 atom stereocenters. The summed E-state index contributed by atoms with van der Waals surface area (Å²) in [5.41, 5.74) is 5.81. The summed E-state index contributed by atoms with van der Waals surface area (Å²) in [6, 6.07) is 9.85. The first-order valence-electron chi connectivity index (χ1n) is 17.0. The monoisotopic (exact) mass is 707 g/mol. The Labute approximate surface area is 295 Å². The molecule has 0 saturated carbocycles. The first-order chi connectivity index (χ1) is 24.3. The standard InChI is InChI=1S/C36H46FN7O7/c1-4-43-21-26(36(50)51)33(47)25-16-27(37)31(17-30(25)43)44-12-10-42(11-13-44)20-24(45)19-39-34(48)28(14-22(2)3)41-35(49)29(40-32(46)18-38)15-23-8-6-5-7-9-23/h5-9,16-17,21-22,28-29H,4,10-15,18-20,38H2,1-3H3,(H,39,48)(H,40,46)(H,41,49)(H,50,51)/t28-,29-/m0/s1. The number of piperazine rings is 1. The minimum Gasteiger partial charge on any atom is -0.477 e. The molecular weight excluding hydrogens is 661 g/mol. The molecule has 1 aliphatic rings. The summed E-state index contributed by atoms with van der Waals surface area (Å²) in [5.74, 6) is -3.82. The van der Waals surface area contributed by atoms with Gasteiger partial charge in [0.25, 0.3) is 0 Å². The lowest BCUT2D eigenvalue weighted by Crippen LogP contribution is -2.56. The molecule has 3 aromatic rings. The molecule has 2 heterocycles. The number of carboxylic acids is 1. The van der Waals surface area contributed by atoms with Crippen LogP contribution in [0.1, 0.15) is 43.1 Å². The summed E-state index contributed by atoms with van der Waals surface area (Å²) in [4.78, 5) is 79.5. The zero-order valence-corrected chi connectivity index (χ0v) is 29.1. The molecule has 15 heteroatoms. The number of fused-ring (bicyclic) bond motifs is 1. The number of aryl methyl sites for hydroxylation is 1. The van der Waals surface area contributed by atoms with E-state index in [0.717, 1.165) is 11.6 Å². The molecule has 0 aliphatic carbocycles. The van der Waals surface area contributed by atoms with Crippen LogP contribution >= 0.6 is 0 Å². The van der Waals surface area contributed by atoms with Gasteiger partial charge in [-0.1, -0.05) is 44.2 Å². The average molecular weight is 708 g/mol. The molecule has 1 aliphatic heterocycles. The Kier molecular flexibility index (Phi) is 13.4. The number of carbonyl (C=O) groups excluding carboxylic acids is 4. The van der Waals surface area contributed by atoms with Gasteiger partial charge in [0.2, 0.25) is 23.2 Å². The highest BCUT2D eigenvalue weighted by Gasteiger charge is 2.28. The fraction of sp³-hybridized carbons (Fsp3) is 0.444. The third-order valence-electron chi connectivity index (χ3n) is 8.75. The summed E-state index contributed by atoms with van der Waals surface area (Å²) < 4.78 is 16.9. The number of amides is 3. The highest BCUT2D eigenvalue weighted by Crippen LogP contribution is 2.26. The topological polar surface area (TPSA) is 196 Å². The van der Waals surface area contributed by atoms with E-state index < -0.39 is 52.6 Å². The minimum atomic E-state index is -1.38. The smallest absolute Gasteiger partial charge is 0.341 e. The Hall–Kier alpha value is -5.15. The third kappa shape index (κ3) is 10.2. The van der Waals surface area contributed by atoms with Gasteiger partial charge in [-0.05, 0) is 37.0 Å². The van der Waals surface area contributed by atoms with E-state index in [2.05, 4.69) is 16.0 Å². The van der Waals surface area contributed by atoms with E-state index in [4.69, 9.17) is 5.73 Å². The molecule has 2 aromatic carbocycles. The second kappa shape index (κ2) is 17.7. The van der Waals surface area contributed by atoms with E-state index in [0.29, 0.717) is 44.7 Å². The van der Waals surface area contributed by atoms with Crippen LogP contribution in [0.5, 0.6) is 0 Å². The van der Waals surface area contributed by atoms with E-state index in [-0.39, 0.29) is 48.8 Å². The molecule has 1 fully saturated rings. The number of carbonyl (C=O) groups is 5. The molecule has 6 N–H and O–H groups in total. The quantitative estimate of drug-likeness (QED) is 0.143. The fourth-order valence-electron chi connectivity index (χ4n) is 6.10. The summed E-state index contributed by atoms with van der Waals surface area (Å²) in [6.07, 6.45) is 1.76. The first kappa shape index (κ1) is 38.6. The predicted octanol–water partition coefficient (Wildman–Crippen LogP) is 0.883. The van der Waals surface area contributed by atoms with Gasteiger partial charge in [-0.3, -0.25) is 28.9 Å². The Morgan fingerprint density at radius 2 is 1.65 bits per heavy atom. The summed E-state index contributed by atoms with van der Waals surface area (Å²) in [7, 11) is 0. The fourth-order valence-corrected chi connectivity index (χ4v) is 6.10. The van der Waals surface area contributed by atoms with Crippen LogP contribution in [0, 0.1) is 11.7 Å². The van der Waals surface area contributed by atoms with Crippen LogP contribution < -0.4 is 32.0 Å². The lowest BCUT2D eigenvalue weighted by atomic mass is 10.0. The van der Waals surface area contributed by atoms with Crippen LogP contribution in [-0.4, -0.2) is 102 Å². The Balaban J connectivity index is 1.33. The highest BCUT2D eigenvalue weighted by atomic mass is 19.1. The number of carboxylic acid groups (broad SMARTS) is 1. The normalized spacial score (nSPS) is 14.6. The molecule has 0 spiro atoms. The van der Waals surface area contributed by atoms with Crippen molar-refractivity contribution >= 4 is 46.1 Å². The van der Waals surface area contributed by atoms with Crippen molar-refractivity contribution in [2.75, 3.05) is 50.7 Å². The number of hydrogen-bond acceptors (Lipinski definition) is 9. The molecule has 3 amide bonds. The number of nitrogens with zero attached hydrogens (tertiary/aromatic N) is 3. The number of Topliss-reactive ketones (excluding diaryl/α,β-unsaturated/α-hetero) is 1. The number of ketones is 1. The van der Waals surface area contributed by atoms with E-state index in [1.807, 2.05) is 54.0 Å². The number of anilines is 1. The molecule has 0 bridgehead atoms. The van der Waals surface area contributed by atoms with E-state index >= 15 is 4.39 Å². The molecule has 1 aromatic heterocycles. The molecule has 0 unspecified atom stereocenters. The van der Waals surface area contributed by atoms with Gasteiger partial charge in [-0.25, -0.2) is 9.18 Å². The number of rotatable bonds is 16. The number of pyridine rings is 1. The number of aromatic nitrogens is 1. The second-order valence-electron chi connectivity index (χ2n) is 13.0. The van der Waals surface area contributed by atoms with Gasteiger partial charge in [-0.2, -0.15) is 0 Å². The third-order valence-corrected chi connectivity index (χ3v) is 8.75. The van der Waals surface area contributed by atoms with E-state index in [1.54, 1.807) is 17.6 Å². The van der Waals surface area contributed by atoms with Crippen LogP contribution in [0.2, 0.25) is 0 Å². The van der Waals surface area contributed by atoms with Crippen molar-refractivity contribution in [2.24, 2.45) is 11.7 Å². The summed E-state index contributed by atoms with van der Waals surface area (Å²) >= 11 is 0. The van der Waals surface area contributed by atoms with Crippen LogP contribution in [0.15, 0.2) is 53.5 Å².